The van der Waals surface area contributed by atoms with Crippen molar-refractivity contribution in [1.82, 2.24) is 0 Å². The molecule has 0 aromatic heterocycles. The van der Waals surface area contributed by atoms with Crippen LogP contribution in [0.15, 0.2) is 17.0 Å². The molecule has 0 saturated carbocycles. The summed E-state index contributed by atoms with van der Waals surface area (Å²) in [7, 11) is 0. The van der Waals surface area contributed by atoms with E-state index in [2.05, 4.69) is 6.07 Å². The standard InChI is InChI=1S/C13H18ClNS/c14-12-7-6-10-4-2-1-3-5-11(10)13(12)16-9-8-15/h6-7H,1-5,8-9,15H2. The Bertz CT molecular complexity index is 365. The van der Waals surface area contributed by atoms with Crippen molar-refractivity contribution in [2.24, 2.45) is 5.73 Å². The summed E-state index contributed by atoms with van der Waals surface area (Å²) in [5, 5.41) is 0.902. The van der Waals surface area contributed by atoms with Crippen molar-refractivity contribution in [3.8, 4) is 0 Å². The van der Waals surface area contributed by atoms with Gasteiger partial charge in [0.15, 0.2) is 0 Å². The molecule has 0 heterocycles. The lowest BCUT2D eigenvalue weighted by Crippen LogP contribution is -2.02. The van der Waals surface area contributed by atoms with E-state index in [9.17, 15) is 0 Å². The number of hydrogen-bond acceptors (Lipinski definition) is 2. The lowest BCUT2D eigenvalue weighted by Gasteiger charge is -2.13. The van der Waals surface area contributed by atoms with E-state index in [0.29, 0.717) is 6.54 Å². The zero-order valence-electron chi connectivity index (χ0n) is 9.47. The summed E-state index contributed by atoms with van der Waals surface area (Å²) in [6, 6.07) is 4.25. The van der Waals surface area contributed by atoms with Gasteiger partial charge in [-0.2, -0.15) is 0 Å². The highest BCUT2D eigenvalue weighted by Gasteiger charge is 2.14. The Balaban J connectivity index is 2.32. The second kappa shape index (κ2) is 5.95. The molecule has 3 heteroatoms. The quantitative estimate of drug-likeness (QED) is 0.659. The third-order valence-corrected chi connectivity index (χ3v) is 4.67. The number of benzene rings is 1. The fraction of sp³-hybridized carbons (Fsp3) is 0.538. The van der Waals surface area contributed by atoms with E-state index in [1.54, 1.807) is 0 Å². The number of halogens is 1. The molecular weight excluding hydrogens is 238 g/mol. The van der Waals surface area contributed by atoms with Crippen LogP contribution < -0.4 is 5.73 Å². The third-order valence-electron chi connectivity index (χ3n) is 3.05. The maximum Gasteiger partial charge on any atom is 0.0544 e. The van der Waals surface area contributed by atoms with Gasteiger partial charge in [0.1, 0.15) is 0 Å². The minimum atomic E-state index is 0.713. The van der Waals surface area contributed by atoms with Gasteiger partial charge in [-0.3, -0.25) is 0 Å². The number of nitrogens with two attached hydrogens (primary N) is 1. The molecule has 1 aromatic carbocycles. The molecule has 0 atom stereocenters. The van der Waals surface area contributed by atoms with Crippen LogP contribution in [-0.4, -0.2) is 12.3 Å². The van der Waals surface area contributed by atoms with E-state index in [4.69, 9.17) is 17.3 Å². The van der Waals surface area contributed by atoms with Gasteiger partial charge in [-0.25, -0.2) is 0 Å². The highest BCUT2D eigenvalue weighted by atomic mass is 35.5. The molecule has 0 radical (unpaired) electrons. The van der Waals surface area contributed by atoms with Crippen molar-refractivity contribution < 1.29 is 0 Å². The minimum absolute atomic E-state index is 0.713. The van der Waals surface area contributed by atoms with Crippen molar-refractivity contribution >= 4 is 23.4 Å². The molecule has 88 valence electrons. The summed E-state index contributed by atoms with van der Waals surface area (Å²) < 4.78 is 0. The summed E-state index contributed by atoms with van der Waals surface area (Å²) in [5.74, 6) is 0.955. The molecule has 0 aliphatic heterocycles. The average Bonchev–Trinajstić information content (AvgIpc) is 2.53. The van der Waals surface area contributed by atoms with Crippen molar-refractivity contribution in [1.29, 1.82) is 0 Å². The number of hydrogen-bond donors (Lipinski definition) is 1. The lowest BCUT2D eigenvalue weighted by atomic mass is 10.0. The molecule has 0 saturated heterocycles. The molecule has 0 bridgehead atoms. The first-order valence-corrected chi connectivity index (χ1v) is 7.32. The van der Waals surface area contributed by atoms with Crippen LogP contribution in [0.3, 0.4) is 0 Å². The molecule has 1 aromatic rings. The predicted molar refractivity (Wildman–Crippen MR) is 72.5 cm³/mol. The molecule has 1 nitrogen and oxygen atoms in total. The van der Waals surface area contributed by atoms with Crippen molar-refractivity contribution in [3.63, 3.8) is 0 Å². The van der Waals surface area contributed by atoms with E-state index in [1.807, 2.05) is 17.8 Å². The van der Waals surface area contributed by atoms with Crippen LogP contribution >= 0.6 is 23.4 Å². The molecule has 16 heavy (non-hydrogen) atoms. The molecule has 2 rings (SSSR count). The number of aryl methyl sites for hydroxylation is 1. The topological polar surface area (TPSA) is 26.0 Å². The largest absolute Gasteiger partial charge is 0.330 e. The number of thioether (sulfide) groups is 1. The first-order chi connectivity index (χ1) is 7.83. The van der Waals surface area contributed by atoms with Crippen LogP contribution in [0.1, 0.15) is 30.4 Å². The highest BCUT2D eigenvalue weighted by Crippen LogP contribution is 2.35. The van der Waals surface area contributed by atoms with E-state index < -0.39 is 0 Å². The van der Waals surface area contributed by atoms with Gasteiger partial charge >= 0.3 is 0 Å². The minimum Gasteiger partial charge on any atom is -0.330 e. The predicted octanol–water partition coefficient (Wildman–Crippen LogP) is 3.66. The highest BCUT2D eigenvalue weighted by molar-refractivity contribution is 7.99. The van der Waals surface area contributed by atoms with E-state index in [1.165, 1.54) is 48.1 Å². The first kappa shape index (κ1) is 12.3. The van der Waals surface area contributed by atoms with Gasteiger partial charge < -0.3 is 5.73 Å². The molecule has 0 spiro atoms. The summed E-state index contributed by atoms with van der Waals surface area (Å²) in [5.41, 5.74) is 8.56. The summed E-state index contributed by atoms with van der Waals surface area (Å²) >= 11 is 8.10. The summed E-state index contributed by atoms with van der Waals surface area (Å²) in [4.78, 5) is 1.28. The maximum absolute atomic E-state index is 6.29. The second-order valence-electron chi connectivity index (χ2n) is 4.21. The summed E-state index contributed by atoms with van der Waals surface area (Å²) in [6.45, 7) is 0.713. The zero-order chi connectivity index (χ0) is 11.4. The van der Waals surface area contributed by atoms with Gasteiger partial charge in [0, 0.05) is 17.2 Å². The van der Waals surface area contributed by atoms with E-state index in [-0.39, 0.29) is 0 Å². The van der Waals surface area contributed by atoms with E-state index in [0.717, 1.165) is 10.8 Å². The van der Waals surface area contributed by atoms with Crippen LogP contribution in [-0.2, 0) is 12.8 Å². The SMILES string of the molecule is NCCSc1c(Cl)ccc2c1CCCCC2. The Kier molecular flexibility index (Phi) is 4.56. The fourth-order valence-electron chi connectivity index (χ4n) is 2.26. The van der Waals surface area contributed by atoms with Crippen molar-refractivity contribution in [2.45, 2.75) is 37.0 Å². The van der Waals surface area contributed by atoms with Gasteiger partial charge in [0.05, 0.1) is 5.02 Å². The van der Waals surface area contributed by atoms with Crippen LogP contribution in [0.25, 0.3) is 0 Å². The molecule has 2 N–H and O–H groups in total. The molecule has 1 aliphatic rings. The normalized spacial score (nSPS) is 15.6. The van der Waals surface area contributed by atoms with Gasteiger partial charge in [0.2, 0.25) is 0 Å². The Hall–Kier alpha value is -0.180. The van der Waals surface area contributed by atoms with Crippen LogP contribution in [0.2, 0.25) is 5.02 Å². The molecule has 0 fully saturated rings. The Morgan fingerprint density at radius 2 is 2.00 bits per heavy atom. The maximum atomic E-state index is 6.29. The Labute approximate surface area is 107 Å². The monoisotopic (exact) mass is 255 g/mol. The Morgan fingerprint density at radius 1 is 1.19 bits per heavy atom. The smallest absolute Gasteiger partial charge is 0.0544 e. The lowest BCUT2D eigenvalue weighted by molar-refractivity contribution is 0.710. The molecule has 1 aliphatic carbocycles. The third kappa shape index (κ3) is 2.73. The summed E-state index contributed by atoms with van der Waals surface area (Å²) in [6.07, 6.45) is 6.35. The van der Waals surface area contributed by atoms with Gasteiger partial charge in [0.25, 0.3) is 0 Å². The Morgan fingerprint density at radius 3 is 2.81 bits per heavy atom. The van der Waals surface area contributed by atoms with Gasteiger partial charge in [-0.15, -0.1) is 11.8 Å². The van der Waals surface area contributed by atoms with Gasteiger partial charge in [-0.1, -0.05) is 24.1 Å². The molecule has 0 unspecified atom stereocenters. The molecule has 0 amide bonds. The first-order valence-electron chi connectivity index (χ1n) is 5.96. The second-order valence-corrected chi connectivity index (χ2v) is 5.72. The van der Waals surface area contributed by atoms with E-state index >= 15 is 0 Å². The molecular formula is C13H18ClNS. The van der Waals surface area contributed by atoms with Crippen molar-refractivity contribution in [2.75, 3.05) is 12.3 Å². The van der Waals surface area contributed by atoms with Crippen molar-refractivity contribution in [3.05, 3.63) is 28.3 Å². The number of rotatable bonds is 3. The van der Waals surface area contributed by atoms with Crippen LogP contribution in [0.4, 0.5) is 0 Å². The van der Waals surface area contributed by atoms with Crippen LogP contribution in [0.5, 0.6) is 0 Å². The average molecular weight is 256 g/mol. The fourth-order valence-corrected chi connectivity index (χ4v) is 3.54. The van der Waals surface area contributed by atoms with Crippen LogP contribution in [0, 0.1) is 0 Å². The number of fused-ring (bicyclic) bond motifs is 1. The van der Waals surface area contributed by atoms with Gasteiger partial charge in [-0.05, 0) is 42.9 Å². The zero-order valence-corrected chi connectivity index (χ0v) is 11.0.